The van der Waals surface area contributed by atoms with Gasteiger partial charge in [0.25, 0.3) is 0 Å². The molecule has 0 amide bonds. The minimum Gasteiger partial charge on any atom is -0.357 e. The second-order valence-corrected chi connectivity index (χ2v) is 4.92. The minimum atomic E-state index is 0.456. The van der Waals surface area contributed by atoms with Crippen LogP contribution in [0.5, 0.6) is 0 Å². The molecule has 0 fully saturated rings. The highest BCUT2D eigenvalue weighted by molar-refractivity contribution is 7.98. The molecule has 0 rings (SSSR count). The van der Waals surface area contributed by atoms with Gasteiger partial charge in [0.1, 0.15) is 0 Å². The summed E-state index contributed by atoms with van der Waals surface area (Å²) in [6, 6.07) is 0.456. The van der Waals surface area contributed by atoms with Crippen molar-refractivity contribution in [2.24, 2.45) is 10.9 Å². The Morgan fingerprint density at radius 3 is 2.47 bits per heavy atom. The van der Waals surface area contributed by atoms with Gasteiger partial charge in [0.05, 0.1) is 6.54 Å². The normalized spacial score (nSPS) is 14.1. The maximum Gasteiger partial charge on any atom is 0.191 e. The van der Waals surface area contributed by atoms with E-state index in [0.29, 0.717) is 12.0 Å². The first kappa shape index (κ1) is 14.6. The Hall–Kier alpha value is -0.380. The van der Waals surface area contributed by atoms with Crippen LogP contribution in [-0.4, -0.2) is 37.1 Å². The third-order valence-electron chi connectivity index (χ3n) is 2.27. The first-order chi connectivity index (χ1) is 7.11. The van der Waals surface area contributed by atoms with Gasteiger partial charge in [-0.3, -0.25) is 4.99 Å². The molecule has 0 saturated heterocycles. The van der Waals surface area contributed by atoms with Crippen molar-refractivity contribution >= 4 is 17.7 Å². The Bertz CT molecular complexity index is 181. The zero-order valence-electron chi connectivity index (χ0n) is 10.6. The summed E-state index contributed by atoms with van der Waals surface area (Å²) in [7, 11) is 0. The fourth-order valence-corrected chi connectivity index (χ4v) is 1.22. The molecule has 0 aliphatic heterocycles. The van der Waals surface area contributed by atoms with Crippen LogP contribution in [0.4, 0.5) is 0 Å². The number of nitrogens with zero attached hydrogens (tertiary/aromatic N) is 1. The zero-order chi connectivity index (χ0) is 11.7. The first-order valence-electron chi connectivity index (χ1n) is 5.65. The second-order valence-electron chi connectivity index (χ2n) is 3.93. The summed E-state index contributed by atoms with van der Waals surface area (Å²) in [6.07, 6.45) is 2.10. The lowest BCUT2D eigenvalue weighted by molar-refractivity contribution is 0.481. The van der Waals surface area contributed by atoms with Crippen LogP contribution in [0.1, 0.15) is 27.7 Å². The minimum absolute atomic E-state index is 0.456. The van der Waals surface area contributed by atoms with Crippen molar-refractivity contribution in [1.29, 1.82) is 0 Å². The van der Waals surface area contributed by atoms with Gasteiger partial charge >= 0.3 is 0 Å². The van der Waals surface area contributed by atoms with Gasteiger partial charge in [-0.1, -0.05) is 13.8 Å². The molecule has 0 bridgehead atoms. The molecule has 0 spiro atoms. The van der Waals surface area contributed by atoms with Crippen molar-refractivity contribution in [3.05, 3.63) is 0 Å². The van der Waals surface area contributed by atoms with E-state index in [1.54, 1.807) is 0 Å². The average Bonchev–Trinajstić information content (AvgIpc) is 2.18. The predicted molar refractivity (Wildman–Crippen MR) is 71.8 cm³/mol. The molecule has 1 atom stereocenters. The van der Waals surface area contributed by atoms with Crippen LogP contribution >= 0.6 is 11.8 Å². The number of thioether (sulfide) groups is 1. The largest absolute Gasteiger partial charge is 0.357 e. The van der Waals surface area contributed by atoms with Crippen molar-refractivity contribution in [1.82, 2.24) is 10.6 Å². The predicted octanol–water partition coefficient (Wildman–Crippen LogP) is 1.95. The summed E-state index contributed by atoms with van der Waals surface area (Å²) < 4.78 is 0. The Morgan fingerprint density at radius 1 is 1.33 bits per heavy atom. The van der Waals surface area contributed by atoms with Crippen LogP contribution < -0.4 is 10.6 Å². The lowest BCUT2D eigenvalue weighted by Crippen LogP contribution is -2.44. The fourth-order valence-electron chi connectivity index (χ4n) is 0.951. The maximum absolute atomic E-state index is 4.50. The van der Waals surface area contributed by atoms with Gasteiger partial charge < -0.3 is 10.6 Å². The molecular weight excluding hydrogens is 206 g/mol. The van der Waals surface area contributed by atoms with E-state index in [4.69, 9.17) is 0 Å². The molecule has 0 saturated carbocycles. The highest BCUT2D eigenvalue weighted by Gasteiger charge is 2.08. The maximum atomic E-state index is 4.50. The monoisotopic (exact) mass is 231 g/mol. The Labute approximate surface area is 98.5 Å². The molecule has 0 aliphatic carbocycles. The standard InChI is InChI=1S/C11H25N3S/c1-6-12-11(13-7-8-15-5)14-10(4)9(2)3/h9-10H,6-8H2,1-5H3,(H2,12,13,14). The topological polar surface area (TPSA) is 36.4 Å². The molecule has 15 heavy (non-hydrogen) atoms. The van der Waals surface area contributed by atoms with Crippen molar-refractivity contribution in [3.63, 3.8) is 0 Å². The van der Waals surface area contributed by atoms with E-state index in [-0.39, 0.29) is 0 Å². The van der Waals surface area contributed by atoms with E-state index in [0.717, 1.165) is 24.8 Å². The average molecular weight is 231 g/mol. The van der Waals surface area contributed by atoms with E-state index >= 15 is 0 Å². The smallest absolute Gasteiger partial charge is 0.191 e. The number of rotatable bonds is 6. The van der Waals surface area contributed by atoms with Crippen LogP contribution in [0.15, 0.2) is 4.99 Å². The Kier molecular flexibility index (Phi) is 8.67. The van der Waals surface area contributed by atoms with Gasteiger partial charge in [-0.05, 0) is 26.0 Å². The fraction of sp³-hybridized carbons (Fsp3) is 0.909. The van der Waals surface area contributed by atoms with Crippen molar-refractivity contribution in [2.75, 3.05) is 25.1 Å². The molecule has 4 heteroatoms. The van der Waals surface area contributed by atoms with E-state index in [1.165, 1.54) is 0 Å². The second kappa shape index (κ2) is 8.89. The highest BCUT2D eigenvalue weighted by Crippen LogP contribution is 1.99. The van der Waals surface area contributed by atoms with Gasteiger partial charge in [-0.25, -0.2) is 0 Å². The van der Waals surface area contributed by atoms with E-state index in [2.05, 4.69) is 49.6 Å². The van der Waals surface area contributed by atoms with E-state index < -0.39 is 0 Å². The molecule has 0 heterocycles. The number of hydrogen-bond acceptors (Lipinski definition) is 2. The van der Waals surface area contributed by atoms with Crippen molar-refractivity contribution in [2.45, 2.75) is 33.7 Å². The van der Waals surface area contributed by atoms with Crippen LogP contribution in [0, 0.1) is 5.92 Å². The first-order valence-corrected chi connectivity index (χ1v) is 7.05. The molecule has 90 valence electrons. The van der Waals surface area contributed by atoms with Gasteiger partial charge in [0, 0.05) is 18.3 Å². The Balaban J connectivity index is 4.07. The highest BCUT2D eigenvalue weighted by atomic mass is 32.2. The molecule has 0 aliphatic rings. The Morgan fingerprint density at radius 2 is 2.00 bits per heavy atom. The van der Waals surface area contributed by atoms with Gasteiger partial charge in [0.2, 0.25) is 0 Å². The van der Waals surface area contributed by atoms with Gasteiger partial charge in [0.15, 0.2) is 5.96 Å². The molecule has 0 aromatic heterocycles. The summed E-state index contributed by atoms with van der Waals surface area (Å²) in [5.41, 5.74) is 0. The van der Waals surface area contributed by atoms with Crippen LogP contribution in [0.3, 0.4) is 0 Å². The number of nitrogens with one attached hydrogen (secondary N) is 2. The summed E-state index contributed by atoms with van der Waals surface area (Å²) in [4.78, 5) is 4.50. The van der Waals surface area contributed by atoms with E-state index in [1.807, 2.05) is 11.8 Å². The molecule has 0 aromatic carbocycles. The van der Waals surface area contributed by atoms with Crippen LogP contribution in [0.2, 0.25) is 0 Å². The SMILES string of the molecule is CCNC(=NCCSC)NC(C)C(C)C. The molecule has 3 nitrogen and oxygen atoms in total. The van der Waals surface area contributed by atoms with Crippen molar-refractivity contribution < 1.29 is 0 Å². The summed E-state index contributed by atoms with van der Waals surface area (Å²) in [5.74, 6) is 2.63. The van der Waals surface area contributed by atoms with E-state index in [9.17, 15) is 0 Å². The van der Waals surface area contributed by atoms with Crippen molar-refractivity contribution in [3.8, 4) is 0 Å². The van der Waals surface area contributed by atoms with Crippen LogP contribution in [0.25, 0.3) is 0 Å². The third kappa shape index (κ3) is 7.54. The molecule has 1 unspecified atom stereocenters. The molecule has 0 radical (unpaired) electrons. The van der Waals surface area contributed by atoms with Crippen LogP contribution in [-0.2, 0) is 0 Å². The quantitative estimate of drug-likeness (QED) is 0.417. The van der Waals surface area contributed by atoms with Gasteiger partial charge in [-0.2, -0.15) is 11.8 Å². The summed E-state index contributed by atoms with van der Waals surface area (Å²) >= 11 is 1.82. The number of aliphatic imine (C=N–C) groups is 1. The lowest BCUT2D eigenvalue weighted by atomic mass is 10.1. The summed E-state index contributed by atoms with van der Waals surface area (Å²) in [6.45, 7) is 10.5. The summed E-state index contributed by atoms with van der Waals surface area (Å²) in [5, 5.41) is 6.66. The number of guanidine groups is 1. The lowest BCUT2D eigenvalue weighted by Gasteiger charge is -2.20. The van der Waals surface area contributed by atoms with Gasteiger partial charge in [-0.15, -0.1) is 0 Å². The molecule has 2 N–H and O–H groups in total. The molecular formula is C11H25N3S. The number of hydrogen-bond donors (Lipinski definition) is 2. The third-order valence-corrected chi connectivity index (χ3v) is 2.86. The molecule has 0 aromatic rings. The zero-order valence-corrected chi connectivity index (χ0v) is 11.4.